The van der Waals surface area contributed by atoms with E-state index in [9.17, 15) is 14.0 Å². The van der Waals surface area contributed by atoms with Crippen molar-refractivity contribution in [2.24, 2.45) is 17.3 Å². The molecule has 0 spiro atoms. The van der Waals surface area contributed by atoms with Gasteiger partial charge in [-0.2, -0.15) is 0 Å². The number of amides is 3. The second kappa shape index (κ2) is 7.94. The molecule has 0 aromatic heterocycles. The third-order valence-corrected chi connectivity index (χ3v) is 6.78. The molecule has 1 aromatic rings. The van der Waals surface area contributed by atoms with E-state index in [1.807, 2.05) is 4.90 Å². The molecule has 3 aliphatic rings. The van der Waals surface area contributed by atoms with Crippen LogP contribution in [0.3, 0.4) is 0 Å². The van der Waals surface area contributed by atoms with E-state index >= 15 is 0 Å². The molecular formula is C22H31FN4O2. The van der Waals surface area contributed by atoms with E-state index in [0.717, 1.165) is 44.5 Å². The predicted octanol–water partition coefficient (Wildman–Crippen LogP) is 2.16. The zero-order valence-corrected chi connectivity index (χ0v) is 17.4. The lowest BCUT2D eigenvalue weighted by atomic mass is 9.80. The number of fused-ring (bicyclic) bond motifs is 1. The Balaban J connectivity index is 1.39. The SMILES string of the molecule is CN(C)CC12CN(C(=O)NCc3cccc(F)c3)CC1CN(C(=O)C1CCC1)C2. The quantitative estimate of drug-likeness (QED) is 0.821. The molecule has 1 N–H and O–H groups in total. The minimum absolute atomic E-state index is 0.0703. The minimum atomic E-state index is -0.298. The van der Waals surface area contributed by atoms with Crippen LogP contribution in [-0.2, 0) is 11.3 Å². The van der Waals surface area contributed by atoms with Crippen molar-refractivity contribution in [3.05, 3.63) is 35.6 Å². The Bertz CT molecular complexity index is 782. The molecule has 2 atom stereocenters. The molecule has 2 heterocycles. The number of halogens is 1. The van der Waals surface area contributed by atoms with Crippen LogP contribution in [0.25, 0.3) is 0 Å². The molecule has 0 radical (unpaired) electrons. The summed E-state index contributed by atoms with van der Waals surface area (Å²) in [5.41, 5.74) is 0.678. The number of rotatable bonds is 5. The van der Waals surface area contributed by atoms with Gasteiger partial charge in [0.05, 0.1) is 0 Å². The molecule has 0 bridgehead atoms. The van der Waals surface area contributed by atoms with E-state index in [-0.39, 0.29) is 23.2 Å². The number of urea groups is 1. The zero-order valence-electron chi connectivity index (χ0n) is 17.4. The molecule has 1 saturated carbocycles. The molecule has 158 valence electrons. The van der Waals surface area contributed by atoms with Gasteiger partial charge in [-0.1, -0.05) is 18.6 Å². The lowest BCUT2D eigenvalue weighted by molar-refractivity contribution is -0.137. The Morgan fingerprint density at radius 3 is 2.59 bits per heavy atom. The van der Waals surface area contributed by atoms with Crippen LogP contribution in [-0.4, -0.2) is 73.5 Å². The number of carbonyl (C=O) groups excluding carboxylic acids is 2. The third-order valence-electron chi connectivity index (χ3n) is 6.78. The van der Waals surface area contributed by atoms with Gasteiger partial charge >= 0.3 is 6.03 Å². The highest BCUT2D eigenvalue weighted by Crippen LogP contribution is 2.44. The molecular weight excluding hydrogens is 371 g/mol. The topological polar surface area (TPSA) is 55.9 Å². The van der Waals surface area contributed by atoms with Crippen molar-refractivity contribution >= 4 is 11.9 Å². The number of carbonyl (C=O) groups is 2. The minimum Gasteiger partial charge on any atom is -0.341 e. The summed E-state index contributed by atoms with van der Waals surface area (Å²) in [5, 5.41) is 2.92. The van der Waals surface area contributed by atoms with Gasteiger partial charge in [0.2, 0.25) is 5.91 Å². The number of benzene rings is 1. The van der Waals surface area contributed by atoms with Crippen LogP contribution in [0, 0.1) is 23.1 Å². The van der Waals surface area contributed by atoms with Crippen molar-refractivity contribution in [3.8, 4) is 0 Å². The fourth-order valence-electron chi connectivity index (χ4n) is 5.21. The highest BCUT2D eigenvalue weighted by atomic mass is 19.1. The largest absolute Gasteiger partial charge is 0.341 e. The first-order valence-corrected chi connectivity index (χ1v) is 10.6. The maximum absolute atomic E-state index is 13.3. The van der Waals surface area contributed by atoms with E-state index in [0.29, 0.717) is 31.5 Å². The fourth-order valence-corrected chi connectivity index (χ4v) is 5.21. The summed E-state index contributed by atoms with van der Waals surface area (Å²) in [4.78, 5) is 31.6. The Morgan fingerprint density at radius 2 is 1.93 bits per heavy atom. The normalized spacial score (nSPS) is 26.6. The van der Waals surface area contributed by atoms with E-state index < -0.39 is 0 Å². The van der Waals surface area contributed by atoms with E-state index in [2.05, 4.69) is 29.2 Å². The Kier molecular flexibility index (Phi) is 5.51. The standard InChI is InChI=1S/C22H31FN4O2/c1-25(2)13-22-14-26(20(28)17-6-4-7-17)11-18(22)12-27(15-22)21(29)24-10-16-5-3-8-19(23)9-16/h3,5,8-9,17-18H,4,6-7,10-15H2,1-2H3,(H,24,29). The van der Waals surface area contributed by atoms with Gasteiger partial charge in [0.1, 0.15) is 5.82 Å². The number of likely N-dealkylation sites (tertiary alicyclic amines) is 2. The van der Waals surface area contributed by atoms with Crippen LogP contribution in [0.4, 0.5) is 9.18 Å². The Morgan fingerprint density at radius 1 is 1.21 bits per heavy atom. The molecule has 6 nitrogen and oxygen atoms in total. The summed E-state index contributed by atoms with van der Waals surface area (Å²) in [6, 6.07) is 6.18. The molecule has 7 heteroatoms. The smallest absolute Gasteiger partial charge is 0.317 e. The zero-order chi connectivity index (χ0) is 20.6. The highest BCUT2D eigenvalue weighted by Gasteiger charge is 2.55. The summed E-state index contributed by atoms with van der Waals surface area (Å²) in [7, 11) is 4.10. The maximum atomic E-state index is 13.3. The van der Waals surface area contributed by atoms with Gasteiger partial charge < -0.3 is 20.0 Å². The van der Waals surface area contributed by atoms with E-state index in [1.165, 1.54) is 12.1 Å². The van der Waals surface area contributed by atoms with Crippen LogP contribution in [0.5, 0.6) is 0 Å². The van der Waals surface area contributed by atoms with Gasteiger partial charge in [-0.05, 0) is 44.6 Å². The first-order valence-electron chi connectivity index (χ1n) is 10.6. The van der Waals surface area contributed by atoms with Crippen LogP contribution in [0.15, 0.2) is 24.3 Å². The Labute approximate surface area is 172 Å². The van der Waals surface area contributed by atoms with Gasteiger partial charge in [-0.15, -0.1) is 0 Å². The van der Waals surface area contributed by atoms with Crippen molar-refractivity contribution in [2.75, 3.05) is 46.8 Å². The molecule has 1 aliphatic carbocycles. The molecule has 3 amide bonds. The monoisotopic (exact) mass is 402 g/mol. The number of nitrogens with one attached hydrogen (secondary N) is 1. The van der Waals surface area contributed by atoms with E-state index in [4.69, 9.17) is 0 Å². The first-order chi connectivity index (χ1) is 13.9. The van der Waals surface area contributed by atoms with Gasteiger partial charge in [0, 0.05) is 56.5 Å². The average molecular weight is 403 g/mol. The predicted molar refractivity (Wildman–Crippen MR) is 109 cm³/mol. The number of hydrogen-bond donors (Lipinski definition) is 1. The first kappa shape index (κ1) is 20.1. The summed E-state index contributed by atoms with van der Waals surface area (Å²) < 4.78 is 13.3. The molecule has 2 aliphatic heterocycles. The van der Waals surface area contributed by atoms with Crippen molar-refractivity contribution in [2.45, 2.75) is 25.8 Å². The molecule has 4 rings (SSSR count). The third kappa shape index (κ3) is 4.10. The summed E-state index contributed by atoms with van der Waals surface area (Å²) in [6.45, 7) is 3.97. The van der Waals surface area contributed by atoms with Crippen LogP contribution in [0.2, 0.25) is 0 Å². The van der Waals surface area contributed by atoms with Crippen molar-refractivity contribution < 1.29 is 14.0 Å². The molecule has 2 unspecified atom stereocenters. The lowest BCUT2D eigenvalue weighted by Crippen LogP contribution is -2.46. The van der Waals surface area contributed by atoms with Crippen LogP contribution >= 0.6 is 0 Å². The lowest BCUT2D eigenvalue weighted by Gasteiger charge is -2.34. The molecule has 2 saturated heterocycles. The summed E-state index contributed by atoms with van der Waals surface area (Å²) >= 11 is 0. The van der Waals surface area contributed by atoms with Crippen LogP contribution < -0.4 is 5.32 Å². The molecule has 29 heavy (non-hydrogen) atoms. The Hall–Kier alpha value is -2.15. The van der Waals surface area contributed by atoms with Gasteiger partial charge in [-0.25, -0.2) is 9.18 Å². The van der Waals surface area contributed by atoms with Gasteiger partial charge in [0.15, 0.2) is 0 Å². The fraction of sp³-hybridized carbons (Fsp3) is 0.636. The second-order valence-corrected chi connectivity index (χ2v) is 9.31. The van der Waals surface area contributed by atoms with Crippen molar-refractivity contribution in [3.63, 3.8) is 0 Å². The van der Waals surface area contributed by atoms with Gasteiger partial charge in [-0.3, -0.25) is 4.79 Å². The van der Waals surface area contributed by atoms with Crippen LogP contribution in [0.1, 0.15) is 24.8 Å². The average Bonchev–Trinajstić information content (AvgIpc) is 3.11. The number of nitrogens with zero attached hydrogens (tertiary/aromatic N) is 3. The number of hydrogen-bond acceptors (Lipinski definition) is 3. The van der Waals surface area contributed by atoms with Gasteiger partial charge in [0.25, 0.3) is 0 Å². The second-order valence-electron chi connectivity index (χ2n) is 9.31. The molecule has 1 aromatic carbocycles. The van der Waals surface area contributed by atoms with E-state index in [1.54, 1.807) is 12.1 Å². The summed E-state index contributed by atoms with van der Waals surface area (Å²) in [6.07, 6.45) is 3.21. The highest BCUT2D eigenvalue weighted by molar-refractivity contribution is 5.80. The summed E-state index contributed by atoms with van der Waals surface area (Å²) in [5.74, 6) is 0.532. The van der Waals surface area contributed by atoms with Crippen molar-refractivity contribution in [1.82, 2.24) is 20.0 Å². The van der Waals surface area contributed by atoms with Crippen molar-refractivity contribution in [1.29, 1.82) is 0 Å². The molecule has 3 fully saturated rings. The maximum Gasteiger partial charge on any atom is 0.317 e.